The van der Waals surface area contributed by atoms with E-state index in [1.165, 1.54) is 0 Å². The van der Waals surface area contributed by atoms with Gasteiger partial charge in [-0.15, -0.1) is 12.4 Å². The van der Waals surface area contributed by atoms with E-state index in [0.29, 0.717) is 5.75 Å². The summed E-state index contributed by atoms with van der Waals surface area (Å²) >= 11 is 0. The Morgan fingerprint density at radius 3 is 2.00 bits per heavy atom. The summed E-state index contributed by atoms with van der Waals surface area (Å²) < 4.78 is 0. The molecule has 0 radical (unpaired) electrons. The molecule has 0 aliphatic heterocycles. The summed E-state index contributed by atoms with van der Waals surface area (Å²) in [6.07, 6.45) is 0. The molecule has 0 aromatic heterocycles. The Kier molecular flexibility index (Phi) is 7.62. The quantitative estimate of drug-likeness (QED) is 0.731. The van der Waals surface area contributed by atoms with Crippen LogP contribution in [0.4, 0.5) is 0 Å². The van der Waals surface area contributed by atoms with Crippen LogP contribution in [0.3, 0.4) is 0 Å². The van der Waals surface area contributed by atoms with Crippen LogP contribution in [0.25, 0.3) is 0 Å². The van der Waals surface area contributed by atoms with Crippen LogP contribution < -0.4 is 0 Å². The summed E-state index contributed by atoms with van der Waals surface area (Å²) in [7, 11) is 0. The van der Waals surface area contributed by atoms with E-state index >= 15 is 0 Å². The molecule has 0 bridgehead atoms. The molecule has 1 aromatic carbocycles. The van der Waals surface area contributed by atoms with Crippen molar-refractivity contribution in [2.75, 3.05) is 0 Å². The van der Waals surface area contributed by atoms with E-state index in [9.17, 15) is 0 Å². The molecule has 0 aliphatic rings. The maximum absolute atomic E-state index is 8.92. The Bertz CT molecular complexity index is 170. The Morgan fingerprint density at radius 2 is 1.70 bits per heavy atom. The van der Waals surface area contributed by atoms with E-state index in [2.05, 4.69) is 0 Å². The minimum atomic E-state index is 0. The van der Waals surface area contributed by atoms with Gasteiger partial charge in [-0.3, -0.25) is 0 Å². The van der Waals surface area contributed by atoms with Crippen molar-refractivity contribution in [1.29, 1.82) is 0 Å². The first-order valence-corrected chi connectivity index (χ1v) is 2.55. The number of halogens is 1. The van der Waals surface area contributed by atoms with Gasteiger partial charge >= 0.3 is 0 Å². The summed E-state index contributed by atoms with van der Waals surface area (Å²) in [5.74, 6) is 0.368. The molecular formula is C7H9ClOZr. The minimum absolute atomic E-state index is 0. The van der Waals surface area contributed by atoms with Gasteiger partial charge in [-0.1, -0.05) is 18.2 Å². The predicted molar refractivity (Wildman–Crippen MR) is 40.1 cm³/mol. The van der Waals surface area contributed by atoms with Crippen molar-refractivity contribution < 1.29 is 31.3 Å². The molecule has 0 amide bonds. The van der Waals surface area contributed by atoms with E-state index in [-0.39, 0.29) is 38.6 Å². The molecule has 1 nitrogen and oxygen atoms in total. The molecule has 0 saturated heterocycles. The molecule has 54 valence electrons. The third-order valence-electron chi connectivity index (χ3n) is 1.12. The van der Waals surface area contributed by atoms with Gasteiger partial charge in [-0.25, -0.2) is 0 Å². The smallest absolute Gasteiger partial charge is 0.118 e. The van der Waals surface area contributed by atoms with Gasteiger partial charge in [0.2, 0.25) is 0 Å². The standard InChI is InChI=1S/C7H8O.ClH.Zr/c1-6-4-2-3-5-7(6)8;;/h2-5,8H,1H3;1H;. The molecule has 1 aromatic rings. The fourth-order valence-electron chi connectivity index (χ4n) is 0.563. The first-order valence-electron chi connectivity index (χ1n) is 2.55. The van der Waals surface area contributed by atoms with Crippen LogP contribution in [-0.2, 0) is 26.2 Å². The summed E-state index contributed by atoms with van der Waals surface area (Å²) in [6, 6.07) is 7.25. The molecule has 0 fully saturated rings. The zero-order valence-corrected chi connectivity index (χ0v) is 8.94. The summed E-state index contributed by atoms with van der Waals surface area (Å²) in [6.45, 7) is 1.87. The van der Waals surface area contributed by atoms with Crippen molar-refractivity contribution in [1.82, 2.24) is 0 Å². The normalized spacial score (nSPS) is 7.30. The molecule has 0 unspecified atom stereocenters. The minimum Gasteiger partial charge on any atom is -0.508 e. The summed E-state index contributed by atoms with van der Waals surface area (Å²) in [5, 5.41) is 8.92. The van der Waals surface area contributed by atoms with Crippen molar-refractivity contribution >= 4 is 12.4 Å². The largest absolute Gasteiger partial charge is 0.508 e. The molecular weight excluding hydrogens is 227 g/mol. The second-order valence-electron chi connectivity index (χ2n) is 1.79. The molecule has 3 heteroatoms. The maximum atomic E-state index is 8.92. The SMILES string of the molecule is Cc1ccccc1O.Cl.[Zr]. The first-order chi connectivity index (χ1) is 3.80. The van der Waals surface area contributed by atoms with Crippen LogP contribution in [-0.4, -0.2) is 5.11 Å². The molecule has 0 aliphatic carbocycles. The zero-order valence-electron chi connectivity index (χ0n) is 5.66. The van der Waals surface area contributed by atoms with Crippen LogP contribution in [0.2, 0.25) is 0 Å². The maximum Gasteiger partial charge on any atom is 0.118 e. The number of rotatable bonds is 0. The Balaban J connectivity index is 0. The van der Waals surface area contributed by atoms with E-state index in [4.69, 9.17) is 5.11 Å². The van der Waals surface area contributed by atoms with Gasteiger partial charge in [0.25, 0.3) is 0 Å². The third-order valence-corrected chi connectivity index (χ3v) is 1.12. The average molecular weight is 236 g/mol. The van der Waals surface area contributed by atoms with Crippen molar-refractivity contribution in [3.05, 3.63) is 29.8 Å². The monoisotopic (exact) mass is 234 g/mol. The van der Waals surface area contributed by atoms with E-state index in [1.807, 2.05) is 25.1 Å². The average Bonchev–Trinajstić information content (AvgIpc) is 1.77. The van der Waals surface area contributed by atoms with E-state index in [1.54, 1.807) is 6.07 Å². The van der Waals surface area contributed by atoms with Crippen LogP contribution in [0.1, 0.15) is 5.56 Å². The molecule has 0 heterocycles. The van der Waals surface area contributed by atoms with Gasteiger partial charge < -0.3 is 5.11 Å². The van der Waals surface area contributed by atoms with Crippen molar-refractivity contribution in [3.63, 3.8) is 0 Å². The number of phenols is 1. The fraction of sp³-hybridized carbons (Fsp3) is 0.143. The zero-order chi connectivity index (χ0) is 5.98. The molecule has 0 saturated carbocycles. The second kappa shape index (κ2) is 5.94. The number of aryl methyl sites for hydroxylation is 1. The molecule has 1 rings (SSSR count). The van der Waals surface area contributed by atoms with Crippen molar-refractivity contribution in [2.45, 2.75) is 6.92 Å². The number of phenolic OH excluding ortho intramolecular Hbond substituents is 1. The van der Waals surface area contributed by atoms with Gasteiger partial charge in [-0.05, 0) is 18.6 Å². The Hall–Kier alpha value is 0.193. The Labute approximate surface area is 86.0 Å². The van der Waals surface area contributed by atoms with Gasteiger partial charge in [0, 0.05) is 26.2 Å². The summed E-state index contributed by atoms with van der Waals surface area (Å²) in [4.78, 5) is 0. The number of hydrogen-bond donors (Lipinski definition) is 1. The van der Waals surface area contributed by atoms with Crippen LogP contribution in [0, 0.1) is 6.92 Å². The summed E-state index contributed by atoms with van der Waals surface area (Å²) in [5.41, 5.74) is 0.924. The van der Waals surface area contributed by atoms with Crippen LogP contribution >= 0.6 is 12.4 Å². The van der Waals surface area contributed by atoms with Gasteiger partial charge in [0.05, 0.1) is 0 Å². The number of hydrogen-bond acceptors (Lipinski definition) is 1. The van der Waals surface area contributed by atoms with Gasteiger partial charge in [0.1, 0.15) is 5.75 Å². The number of benzene rings is 1. The van der Waals surface area contributed by atoms with Crippen molar-refractivity contribution in [3.8, 4) is 5.75 Å². The molecule has 0 spiro atoms. The second-order valence-corrected chi connectivity index (χ2v) is 1.79. The van der Waals surface area contributed by atoms with Gasteiger partial charge in [0.15, 0.2) is 0 Å². The molecule has 1 N–H and O–H groups in total. The fourth-order valence-corrected chi connectivity index (χ4v) is 0.563. The molecule has 10 heavy (non-hydrogen) atoms. The van der Waals surface area contributed by atoms with Gasteiger partial charge in [-0.2, -0.15) is 0 Å². The molecule has 0 atom stereocenters. The predicted octanol–water partition coefficient (Wildman–Crippen LogP) is 2.12. The number of para-hydroxylation sites is 1. The van der Waals surface area contributed by atoms with Crippen molar-refractivity contribution in [2.24, 2.45) is 0 Å². The van der Waals surface area contributed by atoms with E-state index < -0.39 is 0 Å². The van der Waals surface area contributed by atoms with Crippen LogP contribution in [0.5, 0.6) is 5.75 Å². The van der Waals surface area contributed by atoms with E-state index in [0.717, 1.165) is 5.56 Å². The van der Waals surface area contributed by atoms with Crippen LogP contribution in [0.15, 0.2) is 24.3 Å². The number of aromatic hydroxyl groups is 1. The Morgan fingerprint density at radius 1 is 1.20 bits per heavy atom. The first kappa shape index (κ1) is 12.8. The topological polar surface area (TPSA) is 20.2 Å². The third kappa shape index (κ3) is 3.38.